The van der Waals surface area contributed by atoms with Crippen molar-refractivity contribution in [3.8, 4) is 16.9 Å². The zero-order chi connectivity index (χ0) is 18.3. The van der Waals surface area contributed by atoms with E-state index in [9.17, 15) is 0 Å². The molecule has 0 aliphatic heterocycles. The van der Waals surface area contributed by atoms with E-state index < -0.39 is 0 Å². The molecule has 0 saturated heterocycles. The zero-order valence-corrected chi connectivity index (χ0v) is 15.3. The standard InChI is InChI=1S/C24H23NO2/c1-3-8-19(9-4-1)20-14-15-23-21(18-20)10-7-13-24(23)25-27-17-16-26-22-11-5-2-6-12-22/h1-6,8-9,11-12,14-15,18H,7,10,13,16-17H2/b25-24+. The molecule has 1 aliphatic rings. The molecule has 0 amide bonds. The summed E-state index contributed by atoms with van der Waals surface area (Å²) in [5, 5.41) is 4.39. The molecule has 3 aromatic rings. The highest BCUT2D eigenvalue weighted by Crippen LogP contribution is 2.28. The maximum absolute atomic E-state index is 5.64. The number of ether oxygens (including phenoxy) is 1. The molecule has 3 aromatic carbocycles. The van der Waals surface area contributed by atoms with E-state index in [1.54, 1.807) is 0 Å². The van der Waals surface area contributed by atoms with Crippen molar-refractivity contribution in [3.05, 3.63) is 90.0 Å². The first-order chi connectivity index (χ1) is 13.4. The minimum atomic E-state index is 0.440. The van der Waals surface area contributed by atoms with Gasteiger partial charge in [0.25, 0.3) is 0 Å². The Balaban J connectivity index is 1.40. The van der Waals surface area contributed by atoms with Gasteiger partial charge in [-0.15, -0.1) is 0 Å². The number of nitrogens with zero attached hydrogens (tertiary/aromatic N) is 1. The number of oxime groups is 1. The summed E-state index contributed by atoms with van der Waals surface area (Å²) >= 11 is 0. The van der Waals surface area contributed by atoms with E-state index in [1.165, 1.54) is 22.3 Å². The fourth-order valence-corrected chi connectivity index (χ4v) is 3.41. The first-order valence-electron chi connectivity index (χ1n) is 9.45. The molecule has 0 atom stereocenters. The summed E-state index contributed by atoms with van der Waals surface area (Å²) in [6, 6.07) is 26.9. The largest absolute Gasteiger partial charge is 0.490 e. The number of benzene rings is 3. The van der Waals surface area contributed by atoms with Gasteiger partial charge in [0.2, 0.25) is 0 Å². The predicted octanol–water partition coefficient (Wildman–Crippen LogP) is 5.49. The topological polar surface area (TPSA) is 30.8 Å². The first-order valence-corrected chi connectivity index (χ1v) is 9.45. The average molecular weight is 357 g/mol. The Hall–Kier alpha value is -3.07. The van der Waals surface area contributed by atoms with Gasteiger partial charge in [0.05, 0.1) is 5.71 Å². The summed E-state index contributed by atoms with van der Waals surface area (Å²) in [6.07, 6.45) is 3.15. The van der Waals surface area contributed by atoms with Gasteiger partial charge in [0, 0.05) is 5.56 Å². The van der Waals surface area contributed by atoms with Gasteiger partial charge in [-0.1, -0.05) is 71.9 Å². The van der Waals surface area contributed by atoms with Crippen molar-refractivity contribution < 1.29 is 9.57 Å². The third kappa shape index (κ3) is 4.37. The lowest BCUT2D eigenvalue weighted by atomic mass is 9.88. The van der Waals surface area contributed by atoms with E-state index in [0.29, 0.717) is 13.2 Å². The quantitative estimate of drug-likeness (QED) is 0.431. The van der Waals surface area contributed by atoms with Crippen LogP contribution in [0.3, 0.4) is 0 Å². The lowest BCUT2D eigenvalue weighted by Crippen LogP contribution is -2.13. The highest BCUT2D eigenvalue weighted by Gasteiger charge is 2.16. The second kappa shape index (κ2) is 8.54. The Kier molecular flexibility index (Phi) is 5.49. The normalized spacial score (nSPS) is 14.6. The SMILES string of the molecule is c1ccc(OCCO/N=C2\CCCc3cc(-c4ccccc4)ccc32)cc1. The smallest absolute Gasteiger partial charge is 0.151 e. The maximum Gasteiger partial charge on any atom is 0.151 e. The van der Waals surface area contributed by atoms with Gasteiger partial charge in [-0.2, -0.15) is 0 Å². The molecule has 0 heterocycles. The second-order valence-corrected chi connectivity index (χ2v) is 6.62. The van der Waals surface area contributed by atoms with Gasteiger partial charge < -0.3 is 9.57 Å². The fraction of sp³-hybridized carbons (Fsp3) is 0.208. The molecule has 0 bridgehead atoms. The lowest BCUT2D eigenvalue weighted by molar-refractivity contribution is 0.106. The molecule has 136 valence electrons. The van der Waals surface area contributed by atoms with Crippen LogP contribution in [0.5, 0.6) is 5.75 Å². The van der Waals surface area contributed by atoms with Gasteiger partial charge in [-0.3, -0.25) is 0 Å². The van der Waals surface area contributed by atoms with Gasteiger partial charge >= 0.3 is 0 Å². The molecule has 0 unspecified atom stereocenters. The predicted molar refractivity (Wildman–Crippen MR) is 109 cm³/mol. The van der Waals surface area contributed by atoms with E-state index in [-0.39, 0.29) is 0 Å². The molecule has 0 spiro atoms. The molecule has 0 fully saturated rings. The van der Waals surface area contributed by atoms with Crippen LogP contribution in [0.15, 0.2) is 84.0 Å². The highest BCUT2D eigenvalue weighted by molar-refractivity contribution is 6.02. The average Bonchev–Trinajstić information content (AvgIpc) is 2.74. The van der Waals surface area contributed by atoms with Crippen LogP contribution >= 0.6 is 0 Å². The molecule has 0 saturated carbocycles. The van der Waals surface area contributed by atoms with Gasteiger partial charge in [-0.25, -0.2) is 0 Å². The Morgan fingerprint density at radius 2 is 1.52 bits per heavy atom. The molecule has 3 nitrogen and oxygen atoms in total. The van der Waals surface area contributed by atoms with Crippen molar-refractivity contribution in [2.24, 2.45) is 5.16 Å². The molecule has 0 N–H and O–H groups in total. The summed E-state index contributed by atoms with van der Waals surface area (Å²) in [6.45, 7) is 0.927. The molecule has 3 heteroatoms. The van der Waals surface area contributed by atoms with E-state index >= 15 is 0 Å². The fourth-order valence-electron chi connectivity index (χ4n) is 3.41. The summed E-state index contributed by atoms with van der Waals surface area (Å²) in [5.41, 5.74) is 6.11. The van der Waals surface area contributed by atoms with E-state index in [1.807, 2.05) is 36.4 Å². The number of hydrogen-bond acceptors (Lipinski definition) is 3. The summed E-state index contributed by atoms with van der Waals surface area (Å²) < 4.78 is 5.64. The molecule has 0 aromatic heterocycles. The summed E-state index contributed by atoms with van der Waals surface area (Å²) in [7, 11) is 0. The monoisotopic (exact) mass is 357 g/mol. The highest BCUT2D eigenvalue weighted by atomic mass is 16.6. The van der Waals surface area contributed by atoms with Crippen molar-refractivity contribution in [2.45, 2.75) is 19.3 Å². The molecule has 27 heavy (non-hydrogen) atoms. The van der Waals surface area contributed by atoms with Crippen LogP contribution < -0.4 is 4.74 Å². The van der Waals surface area contributed by atoms with Crippen molar-refractivity contribution in [1.29, 1.82) is 0 Å². The summed E-state index contributed by atoms with van der Waals surface area (Å²) in [5.74, 6) is 0.852. The van der Waals surface area contributed by atoms with Crippen molar-refractivity contribution in [1.82, 2.24) is 0 Å². The summed E-state index contributed by atoms with van der Waals surface area (Å²) in [4.78, 5) is 5.53. The van der Waals surface area contributed by atoms with E-state index in [2.05, 4.69) is 47.6 Å². The maximum atomic E-state index is 5.64. The Morgan fingerprint density at radius 3 is 2.33 bits per heavy atom. The minimum Gasteiger partial charge on any atom is -0.490 e. The van der Waals surface area contributed by atoms with Crippen LogP contribution in [0.4, 0.5) is 0 Å². The molecule has 0 radical (unpaired) electrons. The zero-order valence-electron chi connectivity index (χ0n) is 15.3. The second-order valence-electron chi connectivity index (χ2n) is 6.62. The number of aryl methyl sites for hydroxylation is 1. The van der Waals surface area contributed by atoms with E-state index in [0.717, 1.165) is 30.7 Å². The van der Waals surface area contributed by atoms with Crippen LogP contribution in [0.2, 0.25) is 0 Å². The molecule has 4 rings (SSSR count). The lowest BCUT2D eigenvalue weighted by Gasteiger charge is -2.18. The van der Waals surface area contributed by atoms with Gasteiger partial charge in [-0.05, 0) is 48.1 Å². The number of para-hydroxylation sites is 1. The van der Waals surface area contributed by atoms with Crippen molar-refractivity contribution >= 4 is 5.71 Å². The third-order valence-corrected chi connectivity index (χ3v) is 4.74. The van der Waals surface area contributed by atoms with Crippen LogP contribution in [-0.2, 0) is 11.3 Å². The van der Waals surface area contributed by atoms with Gasteiger partial charge in [0.15, 0.2) is 6.61 Å². The van der Waals surface area contributed by atoms with Crippen LogP contribution in [0, 0.1) is 0 Å². The Labute approximate surface area is 160 Å². The van der Waals surface area contributed by atoms with Crippen LogP contribution in [-0.4, -0.2) is 18.9 Å². The molecular formula is C24H23NO2. The first kappa shape index (κ1) is 17.3. The third-order valence-electron chi connectivity index (χ3n) is 4.74. The number of hydrogen-bond donors (Lipinski definition) is 0. The van der Waals surface area contributed by atoms with Crippen molar-refractivity contribution in [3.63, 3.8) is 0 Å². The van der Waals surface area contributed by atoms with Gasteiger partial charge in [0.1, 0.15) is 12.4 Å². The van der Waals surface area contributed by atoms with Crippen molar-refractivity contribution in [2.75, 3.05) is 13.2 Å². The van der Waals surface area contributed by atoms with E-state index in [4.69, 9.17) is 9.57 Å². The number of fused-ring (bicyclic) bond motifs is 1. The Morgan fingerprint density at radius 1 is 0.741 bits per heavy atom. The molecular weight excluding hydrogens is 334 g/mol. The van der Waals surface area contributed by atoms with Crippen LogP contribution in [0.25, 0.3) is 11.1 Å². The van der Waals surface area contributed by atoms with Crippen LogP contribution in [0.1, 0.15) is 24.0 Å². The molecule has 1 aliphatic carbocycles. The number of rotatable bonds is 6. The minimum absolute atomic E-state index is 0.440. The Bertz CT molecular complexity index is 904.